The second-order valence-corrected chi connectivity index (χ2v) is 6.09. The predicted molar refractivity (Wildman–Crippen MR) is 93.5 cm³/mol. The Labute approximate surface area is 134 Å². The first-order valence-electron chi connectivity index (χ1n) is 8.36. The Hall–Kier alpha value is -1.89. The summed E-state index contributed by atoms with van der Waals surface area (Å²) in [5.41, 5.74) is 4.46. The van der Waals surface area contributed by atoms with Gasteiger partial charge in [-0.25, -0.2) is 0 Å². The summed E-state index contributed by atoms with van der Waals surface area (Å²) in [4.78, 5) is 12.3. The highest BCUT2D eigenvalue weighted by molar-refractivity contribution is 5.97. The van der Waals surface area contributed by atoms with Crippen LogP contribution in [0.4, 0.5) is 0 Å². The van der Waals surface area contributed by atoms with Crippen molar-refractivity contribution in [2.45, 2.75) is 52.4 Å². The molecule has 0 atom stereocenters. The Morgan fingerprint density at radius 2 is 1.45 bits per heavy atom. The lowest BCUT2D eigenvalue weighted by molar-refractivity contribution is 0.0993. The van der Waals surface area contributed by atoms with E-state index in [-0.39, 0.29) is 5.78 Å². The molecule has 0 radical (unpaired) electrons. The molecule has 22 heavy (non-hydrogen) atoms. The number of hydrogen-bond acceptors (Lipinski definition) is 1. The summed E-state index contributed by atoms with van der Waals surface area (Å²) in [5, 5.41) is 0. The molecule has 0 aliphatic rings. The van der Waals surface area contributed by atoms with Gasteiger partial charge in [0.2, 0.25) is 0 Å². The molecule has 2 rings (SSSR count). The van der Waals surface area contributed by atoms with E-state index >= 15 is 0 Å². The zero-order valence-corrected chi connectivity index (χ0v) is 13.8. The number of carbonyl (C=O) groups is 1. The third kappa shape index (κ3) is 5.14. The lowest BCUT2D eigenvalue weighted by atomic mass is 10.00. The number of carbonyl (C=O) groups excluding carboxylic acids is 1. The molecule has 1 heteroatoms. The minimum Gasteiger partial charge on any atom is -0.294 e. The van der Waals surface area contributed by atoms with Crippen molar-refractivity contribution in [3.05, 3.63) is 70.8 Å². The highest BCUT2D eigenvalue weighted by atomic mass is 16.1. The number of ketones is 1. The van der Waals surface area contributed by atoms with Crippen molar-refractivity contribution in [3.8, 4) is 0 Å². The molecule has 2 aromatic rings. The molecule has 0 aliphatic carbocycles. The number of unbranched alkanes of at least 4 members (excludes halogenated alkanes) is 3. The minimum atomic E-state index is 0.190. The minimum absolute atomic E-state index is 0.190. The molecule has 0 amide bonds. The molecular weight excluding hydrogens is 268 g/mol. The van der Waals surface area contributed by atoms with Crippen molar-refractivity contribution in [1.29, 1.82) is 0 Å². The van der Waals surface area contributed by atoms with Crippen LogP contribution in [-0.4, -0.2) is 5.78 Å². The molecule has 0 saturated carbocycles. The van der Waals surface area contributed by atoms with Crippen LogP contribution >= 0.6 is 0 Å². The van der Waals surface area contributed by atoms with E-state index < -0.39 is 0 Å². The van der Waals surface area contributed by atoms with Gasteiger partial charge >= 0.3 is 0 Å². The summed E-state index contributed by atoms with van der Waals surface area (Å²) < 4.78 is 0. The molecule has 2 aromatic carbocycles. The van der Waals surface area contributed by atoms with Gasteiger partial charge in [-0.15, -0.1) is 0 Å². The van der Waals surface area contributed by atoms with Gasteiger partial charge in [0.25, 0.3) is 0 Å². The van der Waals surface area contributed by atoms with Crippen LogP contribution in [0.25, 0.3) is 0 Å². The Kier molecular flexibility index (Phi) is 6.39. The third-order valence-electron chi connectivity index (χ3n) is 4.08. The second-order valence-electron chi connectivity index (χ2n) is 6.09. The number of aryl methyl sites for hydroxylation is 2. The van der Waals surface area contributed by atoms with E-state index in [1.54, 1.807) is 0 Å². The molecule has 0 saturated heterocycles. The van der Waals surface area contributed by atoms with Gasteiger partial charge in [-0.3, -0.25) is 4.79 Å². The van der Waals surface area contributed by atoms with Crippen molar-refractivity contribution >= 4 is 5.78 Å². The molecule has 0 heterocycles. The maximum Gasteiger partial charge on any atom is 0.167 e. The van der Waals surface area contributed by atoms with E-state index in [0.29, 0.717) is 6.42 Å². The quantitative estimate of drug-likeness (QED) is 0.461. The molecular formula is C21H26O. The summed E-state index contributed by atoms with van der Waals surface area (Å²) in [6.45, 7) is 4.27. The normalized spacial score (nSPS) is 10.6. The first-order valence-corrected chi connectivity index (χ1v) is 8.36. The average Bonchev–Trinajstić information content (AvgIpc) is 2.54. The van der Waals surface area contributed by atoms with Crippen LogP contribution in [0.15, 0.2) is 48.5 Å². The molecule has 0 unspecified atom stereocenters. The molecule has 0 aliphatic heterocycles. The van der Waals surface area contributed by atoms with Crippen molar-refractivity contribution in [3.63, 3.8) is 0 Å². The van der Waals surface area contributed by atoms with Crippen LogP contribution in [0.1, 0.15) is 59.7 Å². The summed E-state index contributed by atoms with van der Waals surface area (Å²) in [5.74, 6) is 0.190. The maximum atomic E-state index is 12.3. The van der Waals surface area contributed by atoms with Crippen LogP contribution in [0.5, 0.6) is 0 Å². The number of Topliss-reactive ketones (excluding diaryl/α,β-unsaturated/α-hetero) is 1. The van der Waals surface area contributed by atoms with Gasteiger partial charge in [0.05, 0.1) is 0 Å². The fraction of sp³-hybridized carbons (Fsp3) is 0.381. The molecule has 1 nitrogen and oxygen atoms in total. The first kappa shape index (κ1) is 16.5. The van der Waals surface area contributed by atoms with E-state index in [0.717, 1.165) is 17.5 Å². The van der Waals surface area contributed by atoms with Gasteiger partial charge in [0.15, 0.2) is 5.78 Å². The molecule has 0 fully saturated rings. The molecule has 0 aromatic heterocycles. The fourth-order valence-electron chi connectivity index (χ4n) is 2.61. The summed E-state index contributed by atoms with van der Waals surface area (Å²) >= 11 is 0. The maximum absolute atomic E-state index is 12.3. The fourth-order valence-corrected chi connectivity index (χ4v) is 2.61. The van der Waals surface area contributed by atoms with E-state index in [1.807, 2.05) is 31.2 Å². The monoisotopic (exact) mass is 294 g/mol. The predicted octanol–water partition coefficient (Wildman–Crippen LogP) is 5.54. The SMILES string of the molecule is CCCCCCc1ccc(CC(=O)c2ccc(C)cc2)cc1. The van der Waals surface area contributed by atoms with Gasteiger partial charge in [-0.2, -0.15) is 0 Å². The Morgan fingerprint density at radius 3 is 2.09 bits per heavy atom. The number of hydrogen-bond donors (Lipinski definition) is 0. The van der Waals surface area contributed by atoms with Gasteiger partial charge in [0, 0.05) is 12.0 Å². The second kappa shape index (κ2) is 8.53. The third-order valence-corrected chi connectivity index (χ3v) is 4.08. The summed E-state index contributed by atoms with van der Waals surface area (Å²) in [7, 11) is 0. The molecule has 0 N–H and O–H groups in total. The smallest absolute Gasteiger partial charge is 0.167 e. The van der Waals surface area contributed by atoms with Crippen molar-refractivity contribution in [2.24, 2.45) is 0 Å². The van der Waals surface area contributed by atoms with Gasteiger partial charge < -0.3 is 0 Å². The van der Waals surface area contributed by atoms with E-state index in [1.165, 1.54) is 36.8 Å². The summed E-state index contributed by atoms with van der Waals surface area (Å²) in [6, 6.07) is 16.4. The first-order chi connectivity index (χ1) is 10.7. The van der Waals surface area contributed by atoms with Crippen molar-refractivity contribution in [2.75, 3.05) is 0 Å². The van der Waals surface area contributed by atoms with Crippen LogP contribution in [0.3, 0.4) is 0 Å². The van der Waals surface area contributed by atoms with E-state index in [9.17, 15) is 4.79 Å². The van der Waals surface area contributed by atoms with Crippen LogP contribution in [0.2, 0.25) is 0 Å². The van der Waals surface area contributed by atoms with Crippen molar-refractivity contribution in [1.82, 2.24) is 0 Å². The zero-order valence-electron chi connectivity index (χ0n) is 13.8. The molecule has 0 bridgehead atoms. The van der Waals surface area contributed by atoms with Crippen LogP contribution in [0, 0.1) is 6.92 Å². The lowest BCUT2D eigenvalue weighted by Crippen LogP contribution is -2.03. The molecule has 0 spiro atoms. The molecule has 116 valence electrons. The summed E-state index contributed by atoms with van der Waals surface area (Å²) in [6.07, 6.45) is 6.80. The number of benzene rings is 2. The largest absolute Gasteiger partial charge is 0.294 e. The van der Waals surface area contributed by atoms with Crippen LogP contribution < -0.4 is 0 Å². The highest BCUT2D eigenvalue weighted by Crippen LogP contribution is 2.12. The van der Waals surface area contributed by atoms with Gasteiger partial charge in [-0.1, -0.05) is 80.3 Å². The number of rotatable bonds is 8. The lowest BCUT2D eigenvalue weighted by Gasteiger charge is -2.05. The van der Waals surface area contributed by atoms with E-state index in [4.69, 9.17) is 0 Å². The highest BCUT2D eigenvalue weighted by Gasteiger charge is 2.06. The zero-order chi connectivity index (χ0) is 15.8. The van der Waals surface area contributed by atoms with Crippen LogP contribution in [-0.2, 0) is 12.8 Å². The topological polar surface area (TPSA) is 17.1 Å². The van der Waals surface area contributed by atoms with E-state index in [2.05, 4.69) is 31.2 Å². The average molecular weight is 294 g/mol. The Bertz CT molecular complexity index is 578. The van der Waals surface area contributed by atoms with Crippen molar-refractivity contribution < 1.29 is 4.79 Å². The van der Waals surface area contributed by atoms with Gasteiger partial charge in [0.1, 0.15) is 0 Å². The Morgan fingerprint density at radius 1 is 0.818 bits per heavy atom. The standard InChI is InChI=1S/C21H26O/c1-3-4-5-6-7-18-10-12-19(13-11-18)16-21(22)20-14-8-17(2)9-15-20/h8-15H,3-7,16H2,1-2H3. The van der Waals surface area contributed by atoms with Gasteiger partial charge in [-0.05, 0) is 30.9 Å². The Balaban J connectivity index is 1.88.